The van der Waals surface area contributed by atoms with E-state index in [1.54, 1.807) is 0 Å². The maximum Gasteiger partial charge on any atom is 0.254 e. The van der Waals surface area contributed by atoms with Gasteiger partial charge >= 0.3 is 0 Å². The van der Waals surface area contributed by atoms with Crippen LogP contribution < -0.4 is 5.32 Å². The van der Waals surface area contributed by atoms with Crippen molar-refractivity contribution in [3.63, 3.8) is 0 Å². The molecule has 3 aliphatic rings. The Morgan fingerprint density at radius 2 is 2.00 bits per heavy atom. The molecule has 0 unspecified atom stereocenters. The summed E-state index contributed by atoms with van der Waals surface area (Å²) in [5.41, 5.74) is 1.80. The smallest absolute Gasteiger partial charge is 0.254 e. The van der Waals surface area contributed by atoms with E-state index in [1.807, 2.05) is 36.9 Å². The number of hydrogen-bond acceptors (Lipinski definition) is 3. The Balaban J connectivity index is 1.67. The maximum absolute atomic E-state index is 12.9. The van der Waals surface area contributed by atoms with Crippen LogP contribution in [-0.2, 0) is 14.9 Å². The monoisotopic (exact) mass is 300 g/mol. The molecule has 2 aliphatic heterocycles. The van der Waals surface area contributed by atoms with E-state index in [0.717, 1.165) is 24.1 Å². The molecule has 0 atom stereocenters. The molecule has 116 valence electrons. The highest BCUT2D eigenvalue weighted by atomic mass is 16.5. The third-order valence-electron chi connectivity index (χ3n) is 4.94. The zero-order valence-electron chi connectivity index (χ0n) is 12.9. The van der Waals surface area contributed by atoms with Gasteiger partial charge < -0.3 is 15.0 Å². The highest BCUT2D eigenvalue weighted by Crippen LogP contribution is 2.39. The van der Waals surface area contributed by atoms with Gasteiger partial charge in [-0.05, 0) is 50.5 Å². The Morgan fingerprint density at radius 3 is 2.59 bits per heavy atom. The summed E-state index contributed by atoms with van der Waals surface area (Å²) >= 11 is 0. The summed E-state index contributed by atoms with van der Waals surface area (Å²) in [5.74, 6) is 0.0484. The van der Waals surface area contributed by atoms with Gasteiger partial charge in [0.05, 0.1) is 24.7 Å². The molecular weight excluding hydrogens is 280 g/mol. The van der Waals surface area contributed by atoms with E-state index in [-0.39, 0.29) is 17.9 Å². The number of nitrogens with one attached hydrogen (secondary N) is 1. The van der Waals surface area contributed by atoms with Crippen LogP contribution in [0.15, 0.2) is 18.2 Å². The van der Waals surface area contributed by atoms with Gasteiger partial charge in [-0.25, -0.2) is 0 Å². The Bertz CT molecular complexity index is 660. The standard InChI is InChI=1S/C17H20N2O3/c1-17(2)13-7-10(3-6-14(13)18-16(17)21)15(20)19(11-4-5-11)12-8-22-9-12/h3,6-7,11-12H,4-5,8-9H2,1-2H3,(H,18,21). The van der Waals surface area contributed by atoms with Crippen LogP contribution >= 0.6 is 0 Å². The summed E-state index contributed by atoms with van der Waals surface area (Å²) in [6.07, 6.45) is 2.16. The van der Waals surface area contributed by atoms with Crippen LogP contribution in [0.3, 0.4) is 0 Å². The molecule has 5 nitrogen and oxygen atoms in total. The lowest BCUT2D eigenvalue weighted by Gasteiger charge is -2.37. The van der Waals surface area contributed by atoms with Gasteiger partial charge in [0.25, 0.3) is 5.91 Å². The lowest BCUT2D eigenvalue weighted by molar-refractivity contribution is -0.119. The van der Waals surface area contributed by atoms with Gasteiger partial charge in [0.15, 0.2) is 0 Å². The predicted octanol–water partition coefficient (Wildman–Crippen LogP) is 1.92. The second-order valence-electron chi connectivity index (χ2n) is 6.97. The second-order valence-corrected chi connectivity index (χ2v) is 6.97. The summed E-state index contributed by atoms with van der Waals surface area (Å²) in [6.45, 7) is 5.05. The molecule has 2 amide bonds. The molecule has 1 saturated carbocycles. The fourth-order valence-electron chi connectivity index (χ4n) is 3.22. The van der Waals surface area contributed by atoms with Crippen molar-refractivity contribution in [2.45, 2.75) is 44.2 Å². The highest BCUT2D eigenvalue weighted by Gasteiger charge is 2.42. The Kier molecular flexibility index (Phi) is 2.85. The third-order valence-corrected chi connectivity index (χ3v) is 4.94. The first-order valence-electron chi connectivity index (χ1n) is 7.85. The third kappa shape index (κ3) is 1.96. The van der Waals surface area contributed by atoms with Crippen molar-refractivity contribution in [3.8, 4) is 0 Å². The molecule has 1 aliphatic carbocycles. The summed E-state index contributed by atoms with van der Waals surface area (Å²) in [7, 11) is 0. The summed E-state index contributed by atoms with van der Waals surface area (Å²) in [6, 6.07) is 6.11. The largest absolute Gasteiger partial charge is 0.377 e. The van der Waals surface area contributed by atoms with Crippen molar-refractivity contribution < 1.29 is 14.3 Å². The van der Waals surface area contributed by atoms with Crippen molar-refractivity contribution in [2.75, 3.05) is 18.5 Å². The number of ether oxygens (including phenoxy) is 1. The number of nitrogens with zero attached hydrogens (tertiary/aromatic N) is 1. The average molecular weight is 300 g/mol. The fraction of sp³-hybridized carbons (Fsp3) is 0.529. The molecule has 1 N–H and O–H groups in total. The molecule has 0 spiro atoms. The van der Waals surface area contributed by atoms with Crippen molar-refractivity contribution in [1.29, 1.82) is 0 Å². The van der Waals surface area contributed by atoms with Crippen LogP contribution in [0.5, 0.6) is 0 Å². The normalized spacial score (nSPS) is 22.7. The van der Waals surface area contributed by atoms with E-state index in [4.69, 9.17) is 4.74 Å². The minimum atomic E-state index is -0.588. The van der Waals surface area contributed by atoms with E-state index in [1.165, 1.54) is 0 Å². The van der Waals surface area contributed by atoms with Gasteiger partial charge in [-0.2, -0.15) is 0 Å². The SMILES string of the molecule is CC1(C)C(=O)Nc2ccc(C(=O)N(C3CC3)C3COC3)cc21. The highest BCUT2D eigenvalue weighted by molar-refractivity contribution is 6.07. The van der Waals surface area contributed by atoms with Gasteiger partial charge in [0.2, 0.25) is 5.91 Å². The topological polar surface area (TPSA) is 58.6 Å². The van der Waals surface area contributed by atoms with E-state index in [2.05, 4.69) is 5.32 Å². The lowest BCUT2D eigenvalue weighted by Crippen LogP contribution is -2.52. The van der Waals surface area contributed by atoms with Crippen LogP contribution in [0.25, 0.3) is 0 Å². The number of hydrogen-bond donors (Lipinski definition) is 1. The van der Waals surface area contributed by atoms with Crippen molar-refractivity contribution >= 4 is 17.5 Å². The van der Waals surface area contributed by atoms with Crippen LogP contribution in [0.2, 0.25) is 0 Å². The Morgan fingerprint density at radius 1 is 1.27 bits per heavy atom. The molecule has 22 heavy (non-hydrogen) atoms. The lowest BCUT2D eigenvalue weighted by atomic mass is 9.85. The van der Waals surface area contributed by atoms with Gasteiger partial charge in [0.1, 0.15) is 0 Å². The molecule has 1 saturated heterocycles. The number of carbonyl (C=O) groups excluding carboxylic acids is 2. The van der Waals surface area contributed by atoms with Crippen molar-refractivity contribution in [1.82, 2.24) is 4.90 Å². The molecule has 0 radical (unpaired) electrons. The quantitative estimate of drug-likeness (QED) is 0.928. The molecule has 2 fully saturated rings. The number of amides is 2. The predicted molar refractivity (Wildman–Crippen MR) is 81.9 cm³/mol. The number of rotatable bonds is 3. The van der Waals surface area contributed by atoms with Crippen LogP contribution in [0.1, 0.15) is 42.6 Å². The minimum absolute atomic E-state index is 0.0152. The first-order chi connectivity index (χ1) is 10.5. The first kappa shape index (κ1) is 13.8. The average Bonchev–Trinajstić information content (AvgIpc) is 3.23. The van der Waals surface area contributed by atoms with Crippen LogP contribution in [0.4, 0.5) is 5.69 Å². The molecule has 0 aromatic heterocycles. The molecule has 1 aromatic carbocycles. The zero-order valence-corrected chi connectivity index (χ0v) is 12.9. The van der Waals surface area contributed by atoms with E-state index in [9.17, 15) is 9.59 Å². The van der Waals surface area contributed by atoms with Crippen molar-refractivity contribution in [2.24, 2.45) is 0 Å². The Hall–Kier alpha value is -1.88. The number of anilines is 1. The summed E-state index contributed by atoms with van der Waals surface area (Å²) < 4.78 is 5.25. The number of benzene rings is 1. The molecule has 5 heteroatoms. The van der Waals surface area contributed by atoms with Crippen molar-refractivity contribution in [3.05, 3.63) is 29.3 Å². The first-order valence-corrected chi connectivity index (χ1v) is 7.85. The molecule has 2 heterocycles. The van der Waals surface area contributed by atoms with Gasteiger partial charge in [0, 0.05) is 17.3 Å². The molecule has 4 rings (SSSR count). The summed E-state index contributed by atoms with van der Waals surface area (Å²) in [4.78, 5) is 26.9. The van der Waals surface area contributed by atoms with E-state index in [0.29, 0.717) is 24.8 Å². The van der Waals surface area contributed by atoms with Crippen LogP contribution in [-0.4, -0.2) is 42.0 Å². The molecule has 0 bridgehead atoms. The van der Waals surface area contributed by atoms with Gasteiger partial charge in [-0.15, -0.1) is 0 Å². The fourth-order valence-corrected chi connectivity index (χ4v) is 3.22. The minimum Gasteiger partial charge on any atom is -0.377 e. The molecular formula is C17H20N2O3. The summed E-state index contributed by atoms with van der Waals surface area (Å²) in [5, 5.41) is 2.88. The Labute approximate surface area is 129 Å². The zero-order chi connectivity index (χ0) is 15.5. The maximum atomic E-state index is 12.9. The van der Waals surface area contributed by atoms with E-state index < -0.39 is 5.41 Å². The number of fused-ring (bicyclic) bond motifs is 1. The van der Waals surface area contributed by atoms with E-state index >= 15 is 0 Å². The second kappa shape index (κ2) is 4.56. The van der Waals surface area contributed by atoms with Gasteiger partial charge in [-0.1, -0.05) is 0 Å². The van der Waals surface area contributed by atoms with Crippen LogP contribution in [0, 0.1) is 0 Å². The number of carbonyl (C=O) groups is 2. The van der Waals surface area contributed by atoms with Gasteiger partial charge in [-0.3, -0.25) is 9.59 Å². The molecule has 1 aromatic rings.